The first-order valence-electron chi connectivity index (χ1n) is 5.13. The van der Waals surface area contributed by atoms with Gasteiger partial charge in [0.25, 0.3) is 0 Å². The van der Waals surface area contributed by atoms with Crippen LogP contribution in [0.1, 0.15) is 30.1 Å². The molecule has 0 bridgehead atoms. The lowest BCUT2D eigenvalue weighted by Crippen LogP contribution is -2.21. The lowest BCUT2D eigenvalue weighted by molar-refractivity contribution is 0.216. The number of H-pyrrole nitrogens is 1. The minimum atomic E-state index is 0.208. The standard InChI is InChI=1S/C10H17N3O/c1-13(4-5-14)7-9-6-10(12-11-9)8-2-3-8/h6,8,14H,2-5,7H2,1H3,(H,11,12). The second-order valence-electron chi connectivity index (χ2n) is 4.05. The average molecular weight is 195 g/mol. The molecule has 4 nitrogen and oxygen atoms in total. The van der Waals surface area contributed by atoms with Crippen molar-refractivity contribution < 1.29 is 5.11 Å². The van der Waals surface area contributed by atoms with Crippen LogP contribution in [0.15, 0.2) is 6.07 Å². The van der Waals surface area contributed by atoms with E-state index >= 15 is 0 Å². The molecular formula is C10H17N3O. The molecule has 4 heteroatoms. The maximum atomic E-state index is 8.75. The van der Waals surface area contributed by atoms with Gasteiger partial charge in [-0.15, -0.1) is 0 Å². The molecule has 1 aliphatic rings. The molecule has 2 rings (SSSR count). The van der Waals surface area contributed by atoms with Crippen LogP contribution >= 0.6 is 0 Å². The van der Waals surface area contributed by atoms with Crippen molar-refractivity contribution in [1.82, 2.24) is 15.1 Å². The molecule has 0 radical (unpaired) electrons. The molecule has 1 heterocycles. The first-order chi connectivity index (χ1) is 6.79. The van der Waals surface area contributed by atoms with Gasteiger partial charge in [-0.05, 0) is 26.0 Å². The molecule has 1 aromatic rings. The highest BCUT2D eigenvalue weighted by molar-refractivity contribution is 5.17. The lowest BCUT2D eigenvalue weighted by Gasteiger charge is -2.12. The van der Waals surface area contributed by atoms with E-state index in [1.54, 1.807) is 0 Å². The van der Waals surface area contributed by atoms with E-state index in [1.165, 1.54) is 18.5 Å². The molecule has 1 fully saturated rings. The summed E-state index contributed by atoms with van der Waals surface area (Å²) in [6.07, 6.45) is 2.58. The number of aliphatic hydroxyl groups excluding tert-OH is 1. The van der Waals surface area contributed by atoms with Crippen molar-refractivity contribution in [3.05, 3.63) is 17.5 Å². The highest BCUT2D eigenvalue weighted by atomic mass is 16.3. The Hall–Kier alpha value is -0.870. The van der Waals surface area contributed by atoms with Crippen LogP contribution < -0.4 is 0 Å². The monoisotopic (exact) mass is 195 g/mol. The first-order valence-corrected chi connectivity index (χ1v) is 5.13. The molecule has 0 saturated heterocycles. The van der Waals surface area contributed by atoms with Gasteiger partial charge >= 0.3 is 0 Å². The number of hydrogen-bond acceptors (Lipinski definition) is 3. The SMILES string of the molecule is CN(CCO)Cc1cc(C2CC2)n[nH]1. The van der Waals surface area contributed by atoms with Gasteiger partial charge in [0.15, 0.2) is 0 Å². The van der Waals surface area contributed by atoms with E-state index in [0.29, 0.717) is 12.5 Å². The van der Waals surface area contributed by atoms with Gasteiger partial charge in [-0.3, -0.25) is 10.00 Å². The zero-order chi connectivity index (χ0) is 9.97. The maximum absolute atomic E-state index is 8.75. The fourth-order valence-corrected chi connectivity index (χ4v) is 1.59. The fraction of sp³-hybridized carbons (Fsp3) is 0.700. The first kappa shape index (κ1) is 9.68. The topological polar surface area (TPSA) is 52.1 Å². The summed E-state index contributed by atoms with van der Waals surface area (Å²) in [5, 5.41) is 16.1. The number of aromatic nitrogens is 2. The van der Waals surface area contributed by atoms with Crippen LogP contribution in [0.4, 0.5) is 0 Å². The molecule has 1 saturated carbocycles. The Morgan fingerprint density at radius 3 is 3.07 bits per heavy atom. The summed E-state index contributed by atoms with van der Waals surface area (Å²) in [4.78, 5) is 2.07. The Morgan fingerprint density at radius 2 is 2.43 bits per heavy atom. The fourth-order valence-electron chi connectivity index (χ4n) is 1.59. The smallest absolute Gasteiger partial charge is 0.0656 e. The summed E-state index contributed by atoms with van der Waals surface area (Å²) in [7, 11) is 1.99. The molecule has 0 aliphatic heterocycles. The Labute approximate surface area is 83.9 Å². The molecule has 1 aliphatic carbocycles. The zero-order valence-electron chi connectivity index (χ0n) is 8.53. The number of likely N-dealkylation sites (N-methyl/N-ethyl adjacent to an activating group) is 1. The van der Waals surface area contributed by atoms with Crippen molar-refractivity contribution in [2.45, 2.75) is 25.3 Å². The van der Waals surface area contributed by atoms with E-state index in [0.717, 1.165) is 12.2 Å². The van der Waals surface area contributed by atoms with E-state index in [-0.39, 0.29) is 6.61 Å². The molecule has 78 valence electrons. The Bertz CT molecular complexity index is 293. The minimum Gasteiger partial charge on any atom is -0.395 e. The van der Waals surface area contributed by atoms with Crippen LogP contribution in [0.2, 0.25) is 0 Å². The van der Waals surface area contributed by atoms with Crippen LogP contribution in [0.3, 0.4) is 0 Å². The molecule has 1 aromatic heterocycles. The van der Waals surface area contributed by atoms with Crippen molar-refractivity contribution in [1.29, 1.82) is 0 Å². The number of hydrogen-bond donors (Lipinski definition) is 2. The molecule has 14 heavy (non-hydrogen) atoms. The second-order valence-corrected chi connectivity index (χ2v) is 4.05. The molecule has 0 amide bonds. The molecule has 0 unspecified atom stereocenters. The van der Waals surface area contributed by atoms with E-state index in [4.69, 9.17) is 5.11 Å². The summed E-state index contributed by atoms with van der Waals surface area (Å²) >= 11 is 0. The summed E-state index contributed by atoms with van der Waals surface area (Å²) in [6, 6.07) is 2.14. The van der Waals surface area contributed by atoms with Gasteiger partial charge in [0, 0.05) is 24.7 Å². The summed E-state index contributed by atoms with van der Waals surface area (Å²) < 4.78 is 0. The van der Waals surface area contributed by atoms with Gasteiger partial charge in [0.2, 0.25) is 0 Å². The van der Waals surface area contributed by atoms with Gasteiger partial charge in [0.05, 0.1) is 12.3 Å². The van der Waals surface area contributed by atoms with Gasteiger partial charge in [-0.1, -0.05) is 0 Å². The molecule has 0 atom stereocenters. The Morgan fingerprint density at radius 1 is 1.64 bits per heavy atom. The van der Waals surface area contributed by atoms with Crippen LogP contribution in [0, 0.1) is 0 Å². The Kier molecular flexibility index (Phi) is 2.84. The lowest BCUT2D eigenvalue weighted by atomic mass is 10.2. The van der Waals surface area contributed by atoms with Crippen molar-refractivity contribution in [3.63, 3.8) is 0 Å². The quantitative estimate of drug-likeness (QED) is 0.727. The molecule has 0 spiro atoms. The predicted molar refractivity (Wildman–Crippen MR) is 54.0 cm³/mol. The third-order valence-corrected chi connectivity index (χ3v) is 2.57. The van der Waals surface area contributed by atoms with Crippen molar-refractivity contribution in [3.8, 4) is 0 Å². The highest BCUT2D eigenvalue weighted by Gasteiger charge is 2.26. The molecular weight excluding hydrogens is 178 g/mol. The van der Waals surface area contributed by atoms with E-state index in [2.05, 4.69) is 21.2 Å². The summed E-state index contributed by atoms with van der Waals surface area (Å²) in [5.74, 6) is 0.711. The molecule has 0 aromatic carbocycles. The number of nitrogens with zero attached hydrogens (tertiary/aromatic N) is 2. The third-order valence-electron chi connectivity index (χ3n) is 2.57. The number of aromatic amines is 1. The average Bonchev–Trinajstić information content (AvgIpc) is 2.89. The van der Waals surface area contributed by atoms with Gasteiger partial charge < -0.3 is 5.11 Å². The number of rotatable bonds is 5. The van der Waals surface area contributed by atoms with Crippen molar-refractivity contribution in [2.24, 2.45) is 0 Å². The number of aliphatic hydroxyl groups is 1. The van der Waals surface area contributed by atoms with Crippen LogP contribution in [-0.4, -0.2) is 40.4 Å². The van der Waals surface area contributed by atoms with Crippen LogP contribution in [0.5, 0.6) is 0 Å². The maximum Gasteiger partial charge on any atom is 0.0656 e. The second kappa shape index (κ2) is 4.11. The summed E-state index contributed by atoms with van der Waals surface area (Å²) in [5.41, 5.74) is 2.35. The third kappa shape index (κ3) is 2.33. The summed E-state index contributed by atoms with van der Waals surface area (Å²) in [6.45, 7) is 1.75. The molecule has 2 N–H and O–H groups in total. The van der Waals surface area contributed by atoms with Gasteiger partial charge in [-0.25, -0.2) is 0 Å². The normalized spacial score (nSPS) is 16.5. The van der Waals surface area contributed by atoms with Crippen molar-refractivity contribution >= 4 is 0 Å². The van der Waals surface area contributed by atoms with E-state index in [1.807, 2.05) is 7.05 Å². The van der Waals surface area contributed by atoms with E-state index in [9.17, 15) is 0 Å². The van der Waals surface area contributed by atoms with E-state index < -0.39 is 0 Å². The zero-order valence-corrected chi connectivity index (χ0v) is 8.53. The van der Waals surface area contributed by atoms with Crippen LogP contribution in [0.25, 0.3) is 0 Å². The van der Waals surface area contributed by atoms with Gasteiger partial charge in [0.1, 0.15) is 0 Å². The minimum absolute atomic E-state index is 0.208. The number of nitrogens with one attached hydrogen (secondary N) is 1. The Balaban J connectivity index is 1.88. The van der Waals surface area contributed by atoms with Crippen molar-refractivity contribution in [2.75, 3.05) is 20.2 Å². The predicted octanol–water partition coefficient (Wildman–Crippen LogP) is 0.711. The van der Waals surface area contributed by atoms with Gasteiger partial charge in [-0.2, -0.15) is 5.10 Å². The van der Waals surface area contributed by atoms with Crippen LogP contribution in [-0.2, 0) is 6.54 Å². The largest absolute Gasteiger partial charge is 0.395 e. The highest BCUT2D eigenvalue weighted by Crippen LogP contribution is 2.38.